The molecule has 0 aliphatic rings. The van der Waals surface area contributed by atoms with Crippen molar-refractivity contribution in [2.75, 3.05) is 7.05 Å². The van der Waals surface area contributed by atoms with Crippen LogP contribution in [0, 0.1) is 12.7 Å². The van der Waals surface area contributed by atoms with Gasteiger partial charge in [-0.05, 0) is 30.7 Å². The van der Waals surface area contributed by atoms with E-state index in [-0.39, 0.29) is 11.5 Å². The number of benzene rings is 1. The fraction of sp³-hybridized carbons (Fsp3) is 0.214. The monoisotopic (exact) mass is 297 g/mol. The first-order valence-corrected chi connectivity index (χ1v) is 6.93. The molecule has 0 radical (unpaired) electrons. The molecular weight excluding hydrogens is 285 g/mol. The molecule has 0 spiro atoms. The van der Waals surface area contributed by atoms with Crippen molar-refractivity contribution >= 4 is 28.8 Å². The summed E-state index contributed by atoms with van der Waals surface area (Å²) in [5.41, 5.74) is 0.573. The molecule has 0 bridgehead atoms. The largest absolute Gasteiger partial charge is 0.336 e. The second-order valence-corrected chi connectivity index (χ2v) is 6.10. The summed E-state index contributed by atoms with van der Waals surface area (Å²) in [4.78, 5) is 14.6. The Bertz CT molecular complexity index is 611. The molecule has 0 fully saturated rings. The highest BCUT2D eigenvalue weighted by Crippen LogP contribution is 2.23. The summed E-state index contributed by atoms with van der Waals surface area (Å²) in [6, 6.07) is 8.48. The molecule has 0 aliphatic heterocycles. The van der Waals surface area contributed by atoms with E-state index < -0.39 is 5.82 Å². The van der Waals surface area contributed by atoms with Crippen molar-refractivity contribution in [2.24, 2.45) is 0 Å². The lowest BCUT2D eigenvalue weighted by atomic mass is 10.1. The SMILES string of the molecule is Cc1cccc(C(=O)N(C)Cc2ccc(Cl)s2)c1F. The standard InChI is InChI=1S/C14H13ClFNOS/c1-9-4-3-5-11(13(9)16)14(18)17(2)8-10-6-7-12(15)19-10/h3-7H,8H2,1-2H3. The maximum absolute atomic E-state index is 13.9. The van der Waals surface area contributed by atoms with Gasteiger partial charge in [0.1, 0.15) is 5.82 Å². The number of nitrogens with zero attached hydrogens (tertiary/aromatic N) is 1. The number of halogens is 2. The number of hydrogen-bond donors (Lipinski definition) is 0. The Hall–Kier alpha value is -1.39. The molecule has 100 valence electrons. The molecule has 0 unspecified atom stereocenters. The highest BCUT2D eigenvalue weighted by atomic mass is 35.5. The van der Waals surface area contributed by atoms with Gasteiger partial charge in [0.2, 0.25) is 0 Å². The molecule has 2 nitrogen and oxygen atoms in total. The Balaban J connectivity index is 2.17. The summed E-state index contributed by atoms with van der Waals surface area (Å²) in [7, 11) is 1.65. The van der Waals surface area contributed by atoms with Crippen LogP contribution in [-0.2, 0) is 6.54 Å². The van der Waals surface area contributed by atoms with Gasteiger partial charge >= 0.3 is 0 Å². The van der Waals surface area contributed by atoms with E-state index in [1.807, 2.05) is 6.07 Å². The zero-order valence-corrected chi connectivity index (χ0v) is 12.2. The summed E-state index contributed by atoms with van der Waals surface area (Å²) in [6.07, 6.45) is 0. The topological polar surface area (TPSA) is 20.3 Å². The number of rotatable bonds is 3. The van der Waals surface area contributed by atoms with E-state index in [4.69, 9.17) is 11.6 Å². The van der Waals surface area contributed by atoms with Gasteiger partial charge in [0, 0.05) is 11.9 Å². The normalized spacial score (nSPS) is 10.5. The molecular formula is C14H13ClFNOS. The number of carbonyl (C=O) groups excluding carboxylic acids is 1. The second kappa shape index (κ2) is 5.72. The average molecular weight is 298 g/mol. The van der Waals surface area contributed by atoms with Crippen molar-refractivity contribution < 1.29 is 9.18 Å². The molecule has 0 N–H and O–H groups in total. The van der Waals surface area contributed by atoms with E-state index in [0.717, 1.165) is 4.88 Å². The number of carbonyl (C=O) groups is 1. The molecule has 0 saturated carbocycles. The van der Waals surface area contributed by atoms with Crippen LogP contribution in [0.2, 0.25) is 4.34 Å². The zero-order valence-electron chi connectivity index (χ0n) is 10.6. The van der Waals surface area contributed by atoms with Crippen molar-refractivity contribution in [3.05, 3.63) is 56.5 Å². The summed E-state index contributed by atoms with van der Waals surface area (Å²) in [6.45, 7) is 2.06. The van der Waals surface area contributed by atoms with Gasteiger partial charge in [-0.2, -0.15) is 0 Å². The van der Waals surface area contributed by atoms with Gasteiger partial charge in [0.05, 0.1) is 16.4 Å². The van der Waals surface area contributed by atoms with Crippen LogP contribution in [0.5, 0.6) is 0 Å². The van der Waals surface area contributed by atoms with Gasteiger partial charge in [-0.15, -0.1) is 11.3 Å². The van der Waals surface area contributed by atoms with Crippen LogP contribution >= 0.6 is 22.9 Å². The van der Waals surface area contributed by atoms with E-state index >= 15 is 0 Å². The minimum atomic E-state index is -0.455. The van der Waals surface area contributed by atoms with Crippen LogP contribution in [0.1, 0.15) is 20.8 Å². The summed E-state index contributed by atoms with van der Waals surface area (Å²) >= 11 is 7.26. The Labute approximate surface area is 120 Å². The predicted molar refractivity (Wildman–Crippen MR) is 76.3 cm³/mol. The molecule has 0 saturated heterocycles. The summed E-state index contributed by atoms with van der Waals surface area (Å²) < 4.78 is 14.6. The maximum atomic E-state index is 13.9. The van der Waals surface area contributed by atoms with Gasteiger partial charge in [-0.3, -0.25) is 4.79 Å². The fourth-order valence-corrected chi connectivity index (χ4v) is 2.90. The van der Waals surface area contributed by atoms with Crippen LogP contribution in [0.15, 0.2) is 30.3 Å². The van der Waals surface area contributed by atoms with E-state index in [2.05, 4.69) is 0 Å². The molecule has 1 amide bonds. The van der Waals surface area contributed by atoms with E-state index in [1.54, 1.807) is 32.2 Å². The first-order valence-electron chi connectivity index (χ1n) is 5.74. The van der Waals surface area contributed by atoms with Crippen LogP contribution < -0.4 is 0 Å². The number of amides is 1. The van der Waals surface area contributed by atoms with Crippen molar-refractivity contribution in [1.29, 1.82) is 0 Å². The first kappa shape index (κ1) is 14.0. The molecule has 1 aromatic carbocycles. The smallest absolute Gasteiger partial charge is 0.256 e. The predicted octanol–water partition coefficient (Wildman–Crippen LogP) is 4.12. The number of thiophene rings is 1. The maximum Gasteiger partial charge on any atom is 0.256 e. The van der Waals surface area contributed by atoms with Crippen LogP contribution in [0.3, 0.4) is 0 Å². The van der Waals surface area contributed by atoms with Crippen molar-refractivity contribution in [1.82, 2.24) is 4.90 Å². The number of aryl methyl sites for hydroxylation is 1. The lowest BCUT2D eigenvalue weighted by molar-refractivity contribution is 0.0781. The highest BCUT2D eigenvalue weighted by molar-refractivity contribution is 7.16. The van der Waals surface area contributed by atoms with Crippen molar-refractivity contribution in [3.8, 4) is 0 Å². The van der Waals surface area contributed by atoms with Gasteiger partial charge in [0.25, 0.3) is 5.91 Å². The third-order valence-corrected chi connectivity index (χ3v) is 4.01. The van der Waals surface area contributed by atoms with Crippen LogP contribution in [-0.4, -0.2) is 17.9 Å². The van der Waals surface area contributed by atoms with Crippen molar-refractivity contribution in [2.45, 2.75) is 13.5 Å². The lowest BCUT2D eigenvalue weighted by Gasteiger charge is -2.17. The van der Waals surface area contributed by atoms with E-state index in [9.17, 15) is 9.18 Å². The Morgan fingerprint density at radius 2 is 2.11 bits per heavy atom. The third kappa shape index (κ3) is 3.14. The molecule has 0 aliphatic carbocycles. The van der Waals surface area contributed by atoms with Crippen LogP contribution in [0.25, 0.3) is 0 Å². The second-order valence-electron chi connectivity index (χ2n) is 4.30. The molecule has 2 rings (SSSR count). The van der Waals surface area contributed by atoms with Gasteiger partial charge in [0.15, 0.2) is 0 Å². The van der Waals surface area contributed by atoms with Gasteiger partial charge in [-0.25, -0.2) is 4.39 Å². The third-order valence-electron chi connectivity index (χ3n) is 2.79. The minimum absolute atomic E-state index is 0.102. The van der Waals surface area contributed by atoms with E-state index in [1.165, 1.54) is 22.3 Å². The lowest BCUT2D eigenvalue weighted by Crippen LogP contribution is -2.26. The van der Waals surface area contributed by atoms with Crippen LogP contribution in [0.4, 0.5) is 4.39 Å². The average Bonchev–Trinajstić information content (AvgIpc) is 2.77. The molecule has 0 atom stereocenters. The quantitative estimate of drug-likeness (QED) is 0.834. The molecule has 1 heterocycles. The Kier molecular flexibility index (Phi) is 4.22. The molecule has 1 aromatic heterocycles. The first-order chi connectivity index (χ1) is 8.99. The van der Waals surface area contributed by atoms with Crippen molar-refractivity contribution in [3.63, 3.8) is 0 Å². The van der Waals surface area contributed by atoms with E-state index in [0.29, 0.717) is 16.4 Å². The fourth-order valence-electron chi connectivity index (χ4n) is 1.76. The summed E-state index contributed by atoms with van der Waals surface area (Å²) in [5.74, 6) is -0.783. The minimum Gasteiger partial charge on any atom is -0.336 e. The molecule has 2 aromatic rings. The zero-order chi connectivity index (χ0) is 14.0. The summed E-state index contributed by atoms with van der Waals surface area (Å²) in [5, 5.41) is 0. The Morgan fingerprint density at radius 3 is 2.74 bits per heavy atom. The Morgan fingerprint density at radius 1 is 1.37 bits per heavy atom. The van der Waals surface area contributed by atoms with Gasteiger partial charge in [-0.1, -0.05) is 23.7 Å². The molecule has 5 heteroatoms. The molecule has 19 heavy (non-hydrogen) atoms. The highest BCUT2D eigenvalue weighted by Gasteiger charge is 2.17. The van der Waals surface area contributed by atoms with Gasteiger partial charge < -0.3 is 4.90 Å². The number of hydrogen-bond acceptors (Lipinski definition) is 2.